The van der Waals surface area contributed by atoms with Gasteiger partial charge in [0.1, 0.15) is 5.84 Å². The summed E-state index contributed by atoms with van der Waals surface area (Å²) < 4.78 is 5.62. The summed E-state index contributed by atoms with van der Waals surface area (Å²) in [6.07, 6.45) is 10.3. The van der Waals surface area contributed by atoms with Crippen molar-refractivity contribution in [3.05, 3.63) is 47.2 Å². The molecule has 1 aromatic rings. The number of thioether (sulfide) groups is 1. The zero-order valence-electron chi connectivity index (χ0n) is 17.1. The van der Waals surface area contributed by atoms with Gasteiger partial charge in [0.05, 0.1) is 17.1 Å². The number of benzene rings is 1. The van der Waals surface area contributed by atoms with Gasteiger partial charge in [-0.05, 0) is 38.5 Å². The van der Waals surface area contributed by atoms with Crippen LogP contribution in [0.3, 0.4) is 0 Å². The molecule has 0 amide bonds. The van der Waals surface area contributed by atoms with E-state index in [0.717, 1.165) is 44.0 Å². The Bertz CT molecular complexity index is 619. The van der Waals surface area contributed by atoms with Crippen molar-refractivity contribution in [3.8, 4) is 0 Å². The average molecular weight is 390 g/mol. The van der Waals surface area contributed by atoms with E-state index in [1.165, 1.54) is 31.2 Å². The molecule has 4 nitrogen and oxygen atoms in total. The van der Waals surface area contributed by atoms with Crippen LogP contribution in [0.15, 0.2) is 41.0 Å². The number of nitrogens with zero attached hydrogens (tertiary/aromatic N) is 1. The van der Waals surface area contributed by atoms with Crippen LogP contribution >= 0.6 is 11.8 Å². The first-order valence-electron chi connectivity index (χ1n) is 10.1. The van der Waals surface area contributed by atoms with E-state index in [9.17, 15) is 0 Å². The number of aliphatic imine (C=N–C) groups is 1. The van der Waals surface area contributed by atoms with E-state index < -0.39 is 0 Å². The molecule has 2 rings (SSSR count). The number of amidine groups is 1. The van der Waals surface area contributed by atoms with Crippen LogP contribution in [-0.4, -0.2) is 43.1 Å². The van der Waals surface area contributed by atoms with E-state index in [-0.39, 0.29) is 4.75 Å². The zero-order chi connectivity index (χ0) is 19.5. The van der Waals surface area contributed by atoms with Gasteiger partial charge >= 0.3 is 0 Å². The van der Waals surface area contributed by atoms with E-state index in [4.69, 9.17) is 15.5 Å². The lowest BCUT2D eigenvalue weighted by Crippen LogP contribution is -2.27. The summed E-state index contributed by atoms with van der Waals surface area (Å²) in [5, 5.41) is 3.44. The molecule has 0 radical (unpaired) electrons. The van der Waals surface area contributed by atoms with E-state index in [1.807, 2.05) is 11.8 Å². The monoisotopic (exact) mass is 389 g/mol. The van der Waals surface area contributed by atoms with Gasteiger partial charge in [-0.3, -0.25) is 0 Å². The van der Waals surface area contributed by atoms with E-state index in [2.05, 4.69) is 55.8 Å². The molecule has 1 aromatic carbocycles. The summed E-state index contributed by atoms with van der Waals surface area (Å²) in [7, 11) is 0. The predicted molar refractivity (Wildman–Crippen MR) is 119 cm³/mol. The van der Waals surface area contributed by atoms with Crippen molar-refractivity contribution in [3.63, 3.8) is 0 Å². The summed E-state index contributed by atoms with van der Waals surface area (Å²) in [6, 6.07) is 8.27. The first kappa shape index (κ1) is 22.0. The third-order valence-electron chi connectivity index (χ3n) is 5.07. The Kier molecular flexibility index (Phi) is 9.39. The maximum Gasteiger partial charge on any atom is 0.130 e. The molecule has 0 aromatic heterocycles. The first-order valence-corrected chi connectivity index (χ1v) is 11.3. The zero-order valence-corrected chi connectivity index (χ0v) is 17.9. The lowest BCUT2D eigenvalue weighted by molar-refractivity contribution is 0.137. The second kappa shape index (κ2) is 11.5. The molecule has 5 heteroatoms. The van der Waals surface area contributed by atoms with Crippen LogP contribution in [0.5, 0.6) is 0 Å². The molecule has 0 spiro atoms. The summed E-state index contributed by atoms with van der Waals surface area (Å²) in [6.45, 7) is 7.43. The summed E-state index contributed by atoms with van der Waals surface area (Å²) >= 11 is 1.92. The van der Waals surface area contributed by atoms with Crippen molar-refractivity contribution in [1.29, 1.82) is 0 Å². The minimum Gasteiger partial charge on any atom is -0.383 e. The Labute approximate surface area is 169 Å². The smallest absolute Gasteiger partial charge is 0.130 e. The van der Waals surface area contributed by atoms with Gasteiger partial charge in [0.15, 0.2) is 0 Å². The molecule has 1 saturated carbocycles. The lowest BCUT2D eigenvalue weighted by atomic mass is 10.0. The minimum atomic E-state index is 0.0930. The van der Waals surface area contributed by atoms with Gasteiger partial charge in [0, 0.05) is 25.3 Å². The number of nitrogens with one attached hydrogen (secondary N) is 1. The summed E-state index contributed by atoms with van der Waals surface area (Å²) in [5.41, 5.74) is 9.71. The average Bonchev–Trinajstić information content (AvgIpc) is 3.17. The highest BCUT2D eigenvalue weighted by Crippen LogP contribution is 2.46. The molecule has 0 atom stereocenters. The third-order valence-corrected chi connectivity index (χ3v) is 6.47. The Balaban J connectivity index is 2.11. The number of hydrogen-bond donors (Lipinski definition) is 2. The SMILES string of the molecule is CCCOCCNC/C=C(\N=C(N)c1ccc(C)cc1)C1(SC)CCCC1. The van der Waals surface area contributed by atoms with Gasteiger partial charge in [-0.2, -0.15) is 11.8 Å². The van der Waals surface area contributed by atoms with Gasteiger partial charge in [0.25, 0.3) is 0 Å². The lowest BCUT2D eigenvalue weighted by Gasteiger charge is -2.28. The molecule has 0 bridgehead atoms. The molecule has 0 unspecified atom stereocenters. The number of nitrogens with two attached hydrogens (primary N) is 1. The van der Waals surface area contributed by atoms with Gasteiger partial charge < -0.3 is 15.8 Å². The molecule has 27 heavy (non-hydrogen) atoms. The Morgan fingerprint density at radius 3 is 2.59 bits per heavy atom. The second-order valence-electron chi connectivity index (χ2n) is 7.17. The quantitative estimate of drug-likeness (QED) is 0.337. The van der Waals surface area contributed by atoms with Crippen LogP contribution in [0.4, 0.5) is 0 Å². The van der Waals surface area contributed by atoms with Crippen molar-refractivity contribution < 1.29 is 4.74 Å². The largest absolute Gasteiger partial charge is 0.383 e. The van der Waals surface area contributed by atoms with Crippen molar-refractivity contribution >= 4 is 17.6 Å². The molecule has 0 heterocycles. The van der Waals surface area contributed by atoms with Gasteiger partial charge in [0.2, 0.25) is 0 Å². The van der Waals surface area contributed by atoms with Crippen molar-refractivity contribution in [2.45, 2.75) is 50.7 Å². The van der Waals surface area contributed by atoms with Crippen molar-refractivity contribution in [2.24, 2.45) is 10.7 Å². The fourth-order valence-corrected chi connectivity index (χ4v) is 4.46. The van der Waals surface area contributed by atoms with Crippen LogP contribution in [0.1, 0.15) is 50.2 Å². The van der Waals surface area contributed by atoms with Gasteiger partial charge in [-0.15, -0.1) is 0 Å². The number of rotatable bonds is 11. The van der Waals surface area contributed by atoms with Crippen LogP contribution in [-0.2, 0) is 4.74 Å². The highest BCUT2D eigenvalue weighted by atomic mass is 32.2. The van der Waals surface area contributed by atoms with E-state index >= 15 is 0 Å². The summed E-state index contributed by atoms with van der Waals surface area (Å²) in [4.78, 5) is 4.91. The van der Waals surface area contributed by atoms with E-state index in [0.29, 0.717) is 5.84 Å². The number of ether oxygens (including phenoxy) is 1. The molecule has 1 fully saturated rings. The van der Waals surface area contributed by atoms with Crippen LogP contribution in [0, 0.1) is 6.92 Å². The molecule has 0 saturated heterocycles. The fraction of sp³-hybridized carbons (Fsp3) is 0.591. The van der Waals surface area contributed by atoms with Crippen LogP contribution < -0.4 is 11.1 Å². The maximum absolute atomic E-state index is 6.37. The highest BCUT2D eigenvalue weighted by Gasteiger charge is 2.37. The number of aryl methyl sites for hydroxylation is 1. The van der Waals surface area contributed by atoms with Crippen molar-refractivity contribution in [2.75, 3.05) is 32.6 Å². The normalized spacial score (nSPS) is 17.4. The van der Waals surface area contributed by atoms with Crippen LogP contribution in [0.25, 0.3) is 0 Å². The topological polar surface area (TPSA) is 59.6 Å². The third kappa shape index (κ3) is 6.66. The molecule has 0 aliphatic heterocycles. The molecular formula is C22H35N3OS. The second-order valence-corrected chi connectivity index (χ2v) is 8.36. The molecule has 3 N–H and O–H groups in total. The first-order chi connectivity index (χ1) is 13.1. The van der Waals surface area contributed by atoms with Gasteiger partial charge in [-0.25, -0.2) is 4.99 Å². The standard InChI is InChI=1S/C22H35N3OS/c1-4-16-26-17-15-24-14-11-20(22(27-3)12-5-6-13-22)25-21(23)19-9-7-18(2)8-10-19/h7-11,24H,4-6,12-17H2,1-3H3,(H2,23,25)/b20-11-. The Morgan fingerprint density at radius 2 is 1.96 bits per heavy atom. The Hall–Kier alpha value is -1.30. The fourth-order valence-electron chi connectivity index (χ4n) is 3.42. The summed E-state index contributed by atoms with van der Waals surface area (Å²) in [5.74, 6) is 0.604. The molecule has 150 valence electrons. The minimum absolute atomic E-state index is 0.0930. The highest BCUT2D eigenvalue weighted by molar-refractivity contribution is 8.00. The van der Waals surface area contributed by atoms with Crippen LogP contribution in [0.2, 0.25) is 0 Å². The molecule has 1 aliphatic rings. The maximum atomic E-state index is 6.37. The van der Waals surface area contributed by atoms with Gasteiger partial charge in [-0.1, -0.05) is 49.6 Å². The molecular weight excluding hydrogens is 354 g/mol. The van der Waals surface area contributed by atoms with E-state index in [1.54, 1.807) is 0 Å². The van der Waals surface area contributed by atoms with Crippen molar-refractivity contribution in [1.82, 2.24) is 5.32 Å². The number of hydrogen-bond acceptors (Lipinski definition) is 4. The Morgan fingerprint density at radius 1 is 1.26 bits per heavy atom. The predicted octanol–water partition coefficient (Wildman–Crippen LogP) is 4.28. The molecule has 1 aliphatic carbocycles.